The summed E-state index contributed by atoms with van der Waals surface area (Å²) in [4.78, 5) is 27.3. The van der Waals surface area contributed by atoms with Crippen molar-refractivity contribution < 1.29 is 9.59 Å². The summed E-state index contributed by atoms with van der Waals surface area (Å²) in [7, 11) is 1.70. The first-order chi connectivity index (χ1) is 13.5. The summed E-state index contributed by atoms with van der Waals surface area (Å²) in [6.07, 6.45) is 4.07. The zero-order valence-electron chi connectivity index (χ0n) is 15.5. The second kappa shape index (κ2) is 9.20. The molecule has 6 nitrogen and oxygen atoms in total. The average molecular weight is 417 g/mol. The topological polar surface area (TPSA) is 85.2 Å². The Morgan fingerprint density at radius 3 is 2.46 bits per heavy atom. The Kier molecular flexibility index (Phi) is 6.68. The van der Waals surface area contributed by atoms with E-state index >= 15 is 0 Å². The van der Waals surface area contributed by atoms with Crippen molar-refractivity contribution >= 4 is 45.4 Å². The molecule has 0 spiro atoms. The van der Waals surface area contributed by atoms with Gasteiger partial charge in [-0.3, -0.25) is 14.5 Å². The van der Waals surface area contributed by atoms with Crippen molar-refractivity contribution in [3.8, 4) is 6.07 Å². The minimum absolute atomic E-state index is 0.0570. The van der Waals surface area contributed by atoms with Crippen molar-refractivity contribution in [1.29, 1.82) is 5.26 Å². The van der Waals surface area contributed by atoms with Gasteiger partial charge in [-0.05, 0) is 62.6 Å². The first-order valence-electron chi connectivity index (χ1n) is 9.04. The maximum absolute atomic E-state index is 12.4. The fraction of sp³-hybridized carbons (Fsp3) is 0.350. The van der Waals surface area contributed by atoms with E-state index in [1.54, 1.807) is 36.2 Å². The third kappa shape index (κ3) is 5.10. The van der Waals surface area contributed by atoms with Gasteiger partial charge in [-0.1, -0.05) is 11.6 Å². The molecule has 0 atom stereocenters. The van der Waals surface area contributed by atoms with Gasteiger partial charge in [0.15, 0.2) is 0 Å². The van der Waals surface area contributed by atoms with Gasteiger partial charge in [-0.2, -0.15) is 5.26 Å². The summed E-state index contributed by atoms with van der Waals surface area (Å²) >= 11 is 7.32. The van der Waals surface area contributed by atoms with Crippen LogP contribution in [-0.2, 0) is 22.4 Å². The largest absolute Gasteiger partial charge is 0.325 e. The molecule has 0 unspecified atom stereocenters. The predicted molar refractivity (Wildman–Crippen MR) is 112 cm³/mol. The molecule has 0 radical (unpaired) electrons. The van der Waals surface area contributed by atoms with Crippen molar-refractivity contribution in [1.82, 2.24) is 4.90 Å². The van der Waals surface area contributed by atoms with Gasteiger partial charge in [-0.15, -0.1) is 11.3 Å². The van der Waals surface area contributed by atoms with Crippen LogP contribution in [0.1, 0.15) is 28.8 Å². The van der Waals surface area contributed by atoms with Crippen LogP contribution < -0.4 is 10.6 Å². The second-order valence-electron chi connectivity index (χ2n) is 6.80. The van der Waals surface area contributed by atoms with Crippen LogP contribution in [0.3, 0.4) is 0 Å². The Morgan fingerprint density at radius 2 is 1.79 bits per heavy atom. The molecule has 2 aromatic rings. The van der Waals surface area contributed by atoms with Gasteiger partial charge < -0.3 is 10.6 Å². The van der Waals surface area contributed by atoms with Crippen LogP contribution in [0, 0.1) is 11.3 Å². The number of fused-ring (bicyclic) bond motifs is 1. The van der Waals surface area contributed by atoms with Crippen molar-refractivity contribution in [2.24, 2.45) is 0 Å². The predicted octanol–water partition coefficient (Wildman–Crippen LogP) is 3.66. The number of hydrogen-bond donors (Lipinski definition) is 2. The molecule has 0 bridgehead atoms. The highest BCUT2D eigenvalue weighted by atomic mass is 35.5. The first kappa shape index (κ1) is 20.3. The Balaban J connectivity index is 1.53. The van der Waals surface area contributed by atoms with Gasteiger partial charge in [0, 0.05) is 15.6 Å². The van der Waals surface area contributed by atoms with Crippen LogP contribution in [0.5, 0.6) is 0 Å². The van der Waals surface area contributed by atoms with Crippen molar-refractivity contribution in [3.05, 3.63) is 45.3 Å². The molecule has 1 heterocycles. The van der Waals surface area contributed by atoms with Crippen molar-refractivity contribution in [2.45, 2.75) is 25.7 Å². The fourth-order valence-electron chi connectivity index (χ4n) is 3.22. The zero-order chi connectivity index (χ0) is 20.1. The van der Waals surface area contributed by atoms with E-state index in [0.717, 1.165) is 31.2 Å². The third-order valence-corrected chi connectivity index (χ3v) is 5.95. The number of hydrogen-bond acceptors (Lipinski definition) is 5. The lowest BCUT2D eigenvalue weighted by Gasteiger charge is -2.15. The highest BCUT2D eigenvalue weighted by Gasteiger charge is 2.22. The highest BCUT2D eigenvalue weighted by molar-refractivity contribution is 7.16. The monoisotopic (exact) mass is 416 g/mol. The molecule has 8 heteroatoms. The van der Waals surface area contributed by atoms with Crippen molar-refractivity contribution in [3.63, 3.8) is 0 Å². The number of thiophene rings is 1. The van der Waals surface area contributed by atoms with Gasteiger partial charge in [0.25, 0.3) is 0 Å². The van der Waals surface area contributed by atoms with Crippen LogP contribution in [0.2, 0.25) is 5.02 Å². The summed E-state index contributed by atoms with van der Waals surface area (Å²) < 4.78 is 0. The number of aryl methyl sites for hydroxylation is 1. The van der Waals surface area contributed by atoms with Crippen LogP contribution in [0.4, 0.5) is 10.7 Å². The molecular formula is C20H21ClN4O2S. The average Bonchev–Trinajstić information content (AvgIpc) is 3.00. The molecule has 1 aromatic heterocycles. The summed E-state index contributed by atoms with van der Waals surface area (Å²) in [6.45, 7) is 0.129. The van der Waals surface area contributed by atoms with E-state index in [4.69, 9.17) is 11.6 Å². The highest BCUT2D eigenvalue weighted by Crippen LogP contribution is 2.37. The molecule has 146 valence electrons. The number of rotatable bonds is 6. The molecule has 0 fully saturated rings. The molecular weight excluding hydrogens is 396 g/mol. The number of nitrogens with one attached hydrogen (secondary N) is 2. The molecule has 0 aliphatic heterocycles. The number of likely N-dealkylation sites (N-methyl/N-ethyl adjacent to an activating group) is 1. The zero-order valence-corrected chi connectivity index (χ0v) is 17.1. The van der Waals surface area contributed by atoms with Gasteiger partial charge in [0.1, 0.15) is 11.1 Å². The Labute approximate surface area is 173 Å². The van der Waals surface area contributed by atoms with Gasteiger partial charge in [0.05, 0.1) is 18.7 Å². The van der Waals surface area contributed by atoms with Gasteiger partial charge in [0.2, 0.25) is 11.8 Å². The van der Waals surface area contributed by atoms with E-state index in [9.17, 15) is 14.9 Å². The van der Waals surface area contributed by atoms with E-state index in [1.807, 2.05) is 0 Å². The van der Waals surface area contributed by atoms with Crippen LogP contribution in [-0.4, -0.2) is 36.9 Å². The molecule has 0 saturated carbocycles. The standard InChI is InChI=1S/C20H21ClN4O2S/c1-25(11-18(26)23-14-8-6-13(21)7-9-14)12-19(27)24-20-16(10-22)15-4-2-3-5-17(15)28-20/h6-9H,2-5,11-12H2,1H3,(H,23,26)(H,24,27). The lowest BCUT2D eigenvalue weighted by atomic mass is 9.96. The molecule has 3 rings (SSSR count). The maximum Gasteiger partial charge on any atom is 0.239 e. The Morgan fingerprint density at radius 1 is 1.14 bits per heavy atom. The molecule has 28 heavy (non-hydrogen) atoms. The molecule has 2 amide bonds. The van der Waals surface area contributed by atoms with E-state index in [1.165, 1.54) is 16.2 Å². The summed E-state index contributed by atoms with van der Waals surface area (Å²) in [5, 5.41) is 16.3. The van der Waals surface area contributed by atoms with E-state index in [0.29, 0.717) is 21.3 Å². The fourth-order valence-corrected chi connectivity index (χ4v) is 4.60. The minimum atomic E-state index is -0.239. The summed E-state index contributed by atoms with van der Waals surface area (Å²) in [6, 6.07) is 9.06. The lowest BCUT2D eigenvalue weighted by molar-refractivity contribution is -0.119. The van der Waals surface area contributed by atoms with Crippen LogP contribution >= 0.6 is 22.9 Å². The molecule has 1 aliphatic rings. The quantitative estimate of drug-likeness (QED) is 0.752. The number of halogens is 1. The smallest absolute Gasteiger partial charge is 0.239 e. The van der Waals surface area contributed by atoms with Gasteiger partial charge >= 0.3 is 0 Å². The molecule has 2 N–H and O–H groups in total. The van der Waals surface area contributed by atoms with E-state index < -0.39 is 0 Å². The minimum Gasteiger partial charge on any atom is -0.325 e. The first-order valence-corrected chi connectivity index (χ1v) is 10.2. The van der Waals surface area contributed by atoms with E-state index in [2.05, 4.69) is 16.7 Å². The van der Waals surface area contributed by atoms with Crippen LogP contribution in [0.15, 0.2) is 24.3 Å². The van der Waals surface area contributed by atoms with Gasteiger partial charge in [-0.25, -0.2) is 0 Å². The molecule has 1 aliphatic carbocycles. The Hall–Kier alpha value is -2.40. The lowest BCUT2D eigenvalue weighted by Crippen LogP contribution is -2.36. The number of nitrogens with zero attached hydrogens (tertiary/aromatic N) is 2. The molecule has 1 aromatic carbocycles. The number of anilines is 2. The summed E-state index contributed by atoms with van der Waals surface area (Å²) in [5.74, 6) is -0.459. The molecule has 0 saturated heterocycles. The summed E-state index contributed by atoms with van der Waals surface area (Å²) in [5.41, 5.74) is 2.33. The number of benzene rings is 1. The SMILES string of the molecule is CN(CC(=O)Nc1ccc(Cl)cc1)CC(=O)Nc1sc2c(c1C#N)CCCC2. The number of amides is 2. The normalized spacial score (nSPS) is 12.9. The maximum atomic E-state index is 12.4. The van der Waals surface area contributed by atoms with E-state index in [-0.39, 0.29) is 24.9 Å². The number of carbonyl (C=O) groups excluding carboxylic acids is 2. The number of nitriles is 1. The van der Waals surface area contributed by atoms with Crippen molar-refractivity contribution in [2.75, 3.05) is 30.8 Å². The number of carbonyl (C=O) groups is 2. The van der Waals surface area contributed by atoms with Crippen LogP contribution in [0.25, 0.3) is 0 Å². The second-order valence-corrected chi connectivity index (χ2v) is 8.34. The third-order valence-electron chi connectivity index (χ3n) is 4.49. The Bertz CT molecular complexity index is 918.